The molecular formula is C12H16F3NO2. The van der Waals surface area contributed by atoms with Gasteiger partial charge in [-0.25, -0.2) is 0 Å². The van der Waals surface area contributed by atoms with Crippen molar-refractivity contribution >= 4 is 0 Å². The van der Waals surface area contributed by atoms with Gasteiger partial charge in [0.2, 0.25) is 0 Å². The number of hydrogen-bond donors (Lipinski definition) is 1. The van der Waals surface area contributed by atoms with Crippen LogP contribution in [-0.2, 0) is 6.54 Å². The van der Waals surface area contributed by atoms with Crippen LogP contribution in [0.4, 0.5) is 13.2 Å². The van der Waals surface area contributed by atoms with Crippen LogP contribution in [0, 0.1) is 0 Å². The van der Waals surface area contributed by atoms with E-state index in [0.717, 1.165) is 4.90 Å². The number of ether oxygens (including phenoxy) is 1. The number of nitrogens with zero attached hydrogens (tertiary/aromatic N) is 1. The summed E-state index contributed by atoms with van der Waals surface area (Å²) in [6.45, 7) is 1.13. The standard InChI is InChI=1S/C12H16F3NO2/c1-3-18-10-6-4-5-9(11(10)17)7-16(2)8-12(13,14)15/h4-6,17H,3,7-8H2,1-2H3. The average molecular weight is 263 g/mol. The molecule has 0 radical (unpaired) electrons. The van der Waals surface area contributed by atoms with Crippen molar-refractivity contribution in [2.45, 2.75) is 19.6 Å². The molecule has 0 atom stereocenters. The molecule has 0 saturated heterocycles. The number of hydrogen-bond acceptors (Lipinski definition) is 3. The molecule has 0 saturated carbocycles. The molecule has 0 heterocycles. The van der Waals surface area contributed by atoms with Crippen LogP contribution in [0.3, 0.4) is 0 Å². The smallest absolute Gasteiger partial charge is 0.401 e. The minimum Gasteiger partial charge on any atom is -0.504 e. The van der Waals surface area contributed by atoms with Crippen LogP contribution in [-0.4, -0.2) is 36.4 Å². The molecular weight excluding hydrogens is 247 g/mol. The van der Waals surface area contributed by atoms with E-state index in [-0.39, 0.29) is 18.0 Å². The fourth-order valence-electron chi connectivity index (χ4n) is 1.62. The fourth-order valence-corrected chi connectivity index (χ4v) is 1.62. The predicted octanol–water partition coefficient (Wildman–Crippen LogP) is 2.79. The van der Waals surface area contributed by atoms with Gasteiger partial charge in [-0.1, -0.05) is 12.1 Å². The average Bonchev–Trinajstić information content (AvgIpc) is 2.21. The van der Waals surface area contributed by atoms with E-state index < -0.39 is 12.7 Å². The molecule has 6 heteroatoms. The highest BCUT2D eigenvalue weighted by Crippen LogP contribution is 2.30. The van der Waals surface area contributed by atoms with Gasteiger partial charge in [-0.2, -0.15) is 13.2 Å². The predicted molar refractivity (Wildman–Crippen MR) is 61.7 cm³/mol. The summed E-state index contributed by atoms with van der Waals surface area (Å²) in [6.07, 6.45) is -4.25. The second-order valence-electron chi connectivity index (χ2n) is 3.98. The third-order valence-electron chi connectivity index (χ3n) is 2.27. The Morgan fingerprint density at radius 1 is 1.33 bits per heavy atom. The molecule has 3 nitrogen and oxygen atoms in total. The highest BCUT2D eigenvalue weighted by Gasteiger charge is 2.29. The lowest BCUT2D eigenvalue weighted by molar-refractivity contribution is -0.144. The van der Waals surface area contributed by atoms with Crippen LogP contribution in [0.25, 0.3) is 0 Å². The summed E-state index contributed by atoms with van der Waals surface area (Å²) in [6, 6.07) is 4.79. The van der Waals surface area contributed by atoms with Crippen LogP contribution in [0.5, 0.6) is 11.5 Å². The van der Waals surface area contributed by atoms with Gasteiger partial charge in [-0.15, -0.1) is 0 Å². The van der Waals surface area contributed by atoms with Crippen molar-refractivity contribution in [1.82, 2.24) is 4.90 Å². The van der Waals surface area contributed by atoms with Gasteiger partial charge in [-0.05, 0) is 20.0 Å². The number of benzene rings is 1. The third-order valence-corrected chi connectivity index (χ3v) is 2.27. The number of aromatic hydroxyl groups is 1. The summed E-state index contributed by atoms with van der Waals surface area (Å²) < 4.78 is 41.7. The fraction of sp³-hybridized carbons (Fsp3) is 0.500. The van der Waals surface area contributed by atoms with Crippen molar-refractivity contribution in [1.29, 1.82) is 0 Å². The minimum atomic E-state index is -4.25. The number of phenols is 1. The summed E-state index contributed by atoms with van der Waals surface area (Å²) in [5.41, 5.74) is 0.410. The zero-order valence-electron chi connectivity index (χ0n) is 10.3. The number of phenolic OH excluding ortho intramolecular Hbond substituents is 1. The van der Waals surface area contributed by atoms with Gasteiger partial charge in [0.25, 0.3) is 0 Å². The Hall–Kier alpha value is -1.43. The molecule has 1 N–H and O–H groups in total. The first kappa shape index (κ1) is 14.6. The summed E-state index contributed by atoms with van der Waals surface area (Å²) in [7, 11) is 1.35. The van der Waals surface area contributed by atoms with Crippen molar-refractivity contribution in [3.8, 4) is 11.5 Å². The second-order valence-corrected chi connectivity index (χ2v) is 3.98. The zero-order valence-corrected chi connectivity index (χ0v) is 10.3. The molecule has 0 fully saturated rings. The van der Waals surface area contributed by atoms with E-state index in [0.29, 0.717) is 12.2 Å². The van der Waals surface area contributed by atoms with E-state index >= 15 is 0 Å². The molecule has 0 spiro atoms. The highest BCUT2D eigenvalue weighted by molar-refractivity contribution is 5.45. The van der Waals surface area contributed by atoms with Crippen LogP contribution >= 0.6 is 0 Å². The van der Waals surface area contributed by atoms with Gasteiger partial charge in [-0.3, -0.25) is 4.90 Å². The number of para-hydroxylation sites is 1. The molecule has 0 bridgehead atoms. The molecule has 0 amide bonds. The monoisotopic (exact) mass is 263 g/mol. The van der Waals surface area contributed by atoms with Crippen molar-refractivity contribution in [2.75, 3.05) is 20.2 Å². The SMILES string of the molecule is CCOc1cccc(CN(C)CC(F)(F)F)c1O. The maximum Gasteiger partial charge on any atom is 0.401 e. The third kappa shape index (κ3) is 4.44. The molecule has 102 valence electrons. The molecule has 0 aliphatic rings. The minimum absolute atomic E-state index is 0.00621. The quantitative estimate of drug-likeness (QED) is 0.886. The summed E-state index contributed by atoms with van der Waals surface area (Å²) in [5, 5.41) is 9.83. The summed E-state index contributed by atoms with van der Waals surface area (Å²) in [4.78, 5) is 1.09. The maximum absolute atomic E-state index is 12.2. The lowest BCUT2D eigenvalue weighted by Gasteiger charge is -2.19. The maximum atomic E-state index is 12.2. The molecule has 1 aromatic rings. The van der Waals surface area contributed by atoms with Gasteiger partial charge < -0.3 is 9.84 Å². The number of halogens is 3. The Bertz CT molecular complexity index is 393. The number of alkyl halides is 3. The molecule has 1 rings (SSSR count). The molecule has 0 aliphatic carbocycles. The Kier molecular flexibility index (Phi) is 4.84. The van der Waals surface area contributed by atoms with Gasteiger partial charge in [0, 0.05) is 12.1 Å². The highest BCUT2D eigenvalue weighted by atomic mass is 19.4. The molecule has 18 heavy (non-hydrogen) atoms. The van der Waals surface area contributed by atoms with Crippen molar-refractivity contribution in [3.63, 3.8) is 0 Å². The first-order valence-electron chi connectivity index (χ1n) is 5.52. The topological polar surface area (TPSA) is 32.7 Å². The first-order chi connectivity index (χ1) is 8.33. The van der Waals surface area contributed by atoms with Gasteiger partial charge in [0.15, 0.2) is 11.5 Å². The Labute approximate surface area is 104 Å². The van der Waals surface area contributed by atoms with E-state index in [2.05, 4.69) is 0 Å². The van der Waals surface area contributed by atoms with Crippen molar-refractivity contribution < 1.29 is 23.0 Å². The first-order valence-corrected chi connectivity index (χ1v) is 5.52. The van der Waals surface area contributed by atoms with Crippen LogP contribution in [0.2, 0.25) is 0 Å². The molecule has 1 aromatic carbocycles. The van der Waals surface area contributed by atoms with Crippen LogP contribution < -0.4 is 4.74 Å². The zero-order chi connectivity index (χ0) is 13.8. The van der Waals surface area contributed by atoms with Crippen LogP contribution in [0.1, 0.15) is 12.5 Å². The largest absolute Gasteiger partial charge is 0.504 e. The van der Waals surface area contributed by atoms with E-state index in [4.69, 9.17) is 4.74 Å². The number of rotatable bonds is 5. The van der Waals surface area contributed by atoms with Crippen molar-refractivity contribution in [2.24, 2.45) is 0 Å². The normalized spacial score (nSPS) is 11.9. The Morgan fingerprint density at radius 2 is 2.00 bits per heavy atom. The molecule has 0 aromatic heterocycles. The van der Waals surface area contributed by atoms with Gasteiger partial charge in [0.1, 0.15) is 0 Å². The molecule has 0 aliphatic heterocycles. The van der Waals surface area contributed by atoms with Gasteiger partial charge >= 0.3 is 6.18 Å². The summed E-state index contributed by atoms with van der Waals surface area (Å²) >= 11 is 0. The lowest BCUT2D eigenvalue weighted by Crippen LogP contribution is -2.30. The van der Waals surface area contributed by atoms with Crippen molar-refractivity contribution in [3.05, 3.63) is 23.8 Å². The molecule has 0 unspecified atom stereocenters. The lowest BCUT2D eigenvalue weighted by atomic mass is 10.1. The Balaban J connectivity index is 2.75. The van der Waals surface area contributed by atoms with E-state index in [9.17, 15) is 18.3 Å². The Morgan fingerprint density at radius 3 is 2.56 bits per heavy atom. The van der Waals surface area contributed by atoms with E-state index in [1.165, 1.54) is 7.05 Å². The van der Waals surface area contributed by atoms with E-state index in [1.807, 2.05) is 0 Å². The summed E-state index contributed by atoms with van der Waals surface area (Å²) in [5.74, 6) is 0.184. The second kappa shape index (κ2) is 5.95. The van der Waals surface area contributed by atoms with Crippen LogP contribution in [0.15, 0.2) is 18.2 Å². The van der Waals surface area contributed by atoms with E-state index in [1.54, 1.807) is 25.1 Å². The van der Waals surface area contributed by atoms with Gasteiger partial charge in [0.05, 0.1) is 13.2 Å².